The fraction of sp³-hybridized carbons (Fsp3) is 0.0500. The van der Waals surface area contributed by atoms with Crippen LogP contribution in [0, 0.1) is 0 Å². The number of carbonyl (C=O) groups excluding carboxylic acids is 1. The standard InChI is InChI=1S/C20H12O5.2Na.2H/c21-11-5-7-15-17(9-11)24-18-10-12(22)6-8-16(18)20(15)14-4-2-1-3-13(14)19(23)25-20;;;;/h1-10,21-22H;;;;. The number of hydrogen-bond acceptors (Lipinski definition) is 5. The predicted molar refractivity (Wildman–Crippen MR) is 102 cm³/mol. The van der Waals surface area contributed by atoms with Gasteiger partial charge in [-0.25, -0.2) is 4.79 Å². The molecular weight excluding hydrogens is 366 g/mol. The van der Waals surface area contributed by atoms with E-state index in [9.17, 15) is 15.0 Å². The molecule has 2 aliphatic rings. The molecule has 0 saturated carbocycles. The Hall–Kier alpha value is -1.47. The molecule has 0 unspecified atom stereocenters. The van der Waals surface area contributed by atoms with Gasteiger partial charge in [-0.2, -0.15) is 0 Å². The number of phenols is 2. The van der Waals surface area contributed by atoms with Crippen LogP contribution in [0.3, 0.4) is 0 Å². The van der Waals surface area contributed by atoms with Crippen molar-refractivity contribution in [1.82, 2.24) is 0 Å². The maximum absolute atomic E-state index is 12.5. The zero-order valence-corrected chi connectivity index (χ0v) is 12.9. The monoisotopic (exact) mass is 380 g/mol. The molecule has 0 atom stereocenters. The summed E-state index contributed by atoms with van der Waals surface area (Å²) in [6.45, 7) is 0. The van der Waals surface area contributed by atoms with Gasteiger partial charge < -0.3 is 19.7 Å². The van der Waals surface area contributed by atoms with Crippen molar-refractivity contribution in [3.63, 3.8) is 0 Å². The van der Waals surface area contributed by atoms with Gasteiger partial charge in [-0.05, 0) is 30.3 Å². The van der Waals surface area contributed by atoms with Gasteiger partial charge in [0.1, 0.15) is 23.0 Å². The first-order chi connectivity index (χ1) is 12.1. The van der Waals surface area contributed by atoms with Crippen LogP contribution in [0.15, 0.2) is 60.7 Å². The van der Waals surface area contributed by atoms with Gasteiger partial charge in [-0.3, -0.25) is 0 Å². The van der Waals surface area contributed by atoms with Gasteiger partial charge in [-0.1, -0.05) is 18.2 Å². The Morgan fingerprint density at radius 3 is 1.89 bits per heavy atom. The van der Waals surface area contributed by atoms with E-state index in [-0.39, 0.29) is 70.6 Å². The third-order valence-electron chi connectivity index (χ3n) is 4.68. The summed E-state index contributed by atoms with van der Waals surface area (Å²) in [6, 6.07) is 16.6. The average molecular weight is 380 g/mol. The molecule has 2 aliphatic heterocycles. The molecule has 1 spiro atoms. The topological polar surface area (TPSA) is 76.0 Å². The summed E-state index contributed by atoms with van der Waals surface area (Å²) in [4.78, 5) is 12.5. The Morgan fingerprint density at radius 1 is 0.741 bits per heavy atom. The van der Waals surface area contributed by atoms with Gasteiger partial charge in [-0.15, -0.1) is 0 Å². The van der Waals surface area contributed by atoms with E-state index in [0.29, 0.717) is 33.8 Å². The second-order valence-electron chi connectivity index (χ2n) is 6.08. The van der Waals surface area contributed by atoms with Crippen molar-refractivity contribution in [2.24, 2.45) is 0 Å². The molecule has 3 aromatic rings. The Kier molecular flexibility index (Phi) is 5.38. The van der Waals surface area contributed by atoms with E-state index in [1.807, 2.05) is 12.1 Å². The van der Waals surface area contributed by atoms with Crippen molar-refractivity contribution in [3.8, 4) is 23.0 Å². The van der Waals surface area contributed by atoms with Crippen LogP contribution in [0.4, 0.5) is 0 Å². The number of aromatic hydroxyl groups is 2. The molecule has 2 N–H and O–H groups in total. The normalized spacial score (nSPS) is 14.6. The van der Waals surface area contributed by atoms with Gasteiger partial charge in [0.05, 0.1) is 5.56 Å². The summed E-state index contributed by atoms with van der Waals surface area (Å²) in [7, 11) is 0. The molecule has 5 rings (SSSR count). The second kappa shape index (κ2) is 7.17. The molecule has 0 radical (unpaired) electrons. The van der Waals surface area contributed by atoms with E-state index in [1.54, 1.807) is 24.3 Å². The van der Waals surface area contributed by atoms with E-state index in [4.69, 9.17) is 9.47 Å². The molecule has 5 nitrogen and oxygen atoms in total. The summed E-state index contributed by atoms with van der Waals surface area (Å²) in [5, 5.41) is 19.7. The number of hydrogen-bond donors (Lipinski definition) is 2. The number of benzene rings is 3. The molecule has 0 saturated heterocycles. The summed E-state index contributed by atoms with van der Waals surface area (Å²) in [5.74, 6) is 0.408. The third kappa shape index (κ3) is 2.81. The third-order valence-corrected chi connectivity index (χ3v) is 4.68. The van der Waals surface area contributed by atoms with Crippen LogP contribution in [0.1, 0.15) is 27.0 Å². The summed E-state index contributed by atoms with van der Waals surface area (Å²) in [5.41, 5.74) is 1.28. The van der Waals surface area contributed by atoms with Crippen molar-refractivity contribution in [1.29, 1.82) is 0 Å². The fourth-order valence-corrected chi connectivity index (χ4v) is 3.65. The number of esters is 1. The predicted octanol–water partition coefficient (Wildman–Crippen LogP) is 2.37. The average Bonchev–Trinajstić information content (AvgIpc) is 2.88. The Labute approximate surface area is 199 Å². The first-order valence-corrected chi connectivity index (χ1v) is 7.77. The van der Waals surface area contributed by atoms with E-state index < -0.39 is 11.6 Å². The van der Waals surface area contributed by atoms with Gasteiger partial charge in [0.15, 0.2) is 5.60 Å². The van der Waals surface area contributed by atoms with Crippen LogP contribution in [-0.2, 0) is 10.3 Å². The van der Waals surface area contributed by atoms with Crippen LogP contribution in [0.2, 0.25) is 0 Å². The van der Waals surface area contributed by atoms with Crippen LogP contribution >= 0.6 is 0 Å². The first-order valence-electron chi connectivity index (χ1n) is 7.77. The van der Waals surface area contributed by atoms with E-state index >= 15 is 0 Å². The van der Waals surface area contributed by atoms with Gasteiger partial charge in [0.2, 0.25) is 0 Å². The molecule has 126 valence electrons. The van der Waals surface area contributed by atoms with Gasteiger partial charge in [0, 0.05) is 28.8 Å². The van der Waals surface area contributed by atoms with Crippen molar-refractivity contribution in [2.75, 3.05) is 0 Å². The summed E-state index contributed by atoms with van der Waals surface area (Å²) < 4.78 is 11.8. The van der Waals surface area contributed by atoms with Gasteiger partial charge >= 0.3 is 65.1 Å². The molecule has 0 fully saturated rings. The zero-order valence-electron chi connectivity index (χ0n) is 12.9. The van der Waals surface area contributed by atoms with Crippen LogP contribution < -0.4 is 4.74 Å². The molecule has 3 aromatic carbocycles. The maximum atomic E-state index is 12.5. The molecule has 0 aromatic heterocycles. The second-order valence-corrected chi connectivity index (χ2v) is 6.08. The Balaban J connectivity index is 0.00000105. The number of fused-ring (bicyclic) bond motifs is 6. The van der Waals surface area contributed by atoms with E-state index in [2.05, 4.69) is 0 Å². The van der Waals surface area contributed by atoms with Crippen LogP contribution in [0.25, 0.3) is 0 Å². The minimum atomic E-state index is -1.17. The molecule has 27 heavy (non-hydrogen) atoms. The van der Waals surface area contributed by atoms with Crippen LogP contribution in [-0.4, -0.2) is 75.3 Å². The fourth-order valence-electron chi connectivity index (χ4n) is 3.65. The van der Waals surface area contributed by atoms with E-state index in [1.165, 1.54) is 24.3 Å². The number of rotatable bonds is 0. The number of carbonyl (C=O) groups is 1. The zero-order chi connectivity index (χ0) is 17.2. The van der Waals surface area contributed by atoms with Crippen molar-refractivity contribution in [2.45, 2.75) is 5.60 Å². The Bertz CT molecular complexity index is 1010. The first kappa shape index (κ1) is 20.3. The summed E-state index contributed by atoms with van der Waals surface area (Å²) in [6.07, 6.45) is 0. The molecule has 7 heteroatoms. The summed E-state index contributed by atoms with van der Waals surface area (Å²) >= 11 is 0. The molecule has 0 aliphatic carbocycles. The number of phenolic OH excluding ortho intramolecular Hbond substituents is 2. The van der Waals surface area contributed by atoms with E-state index in [0.717, 1.165) is 0 Å². The molecule has 0 bridgehead atoms. The molecular formula is C20H14Na2O5. The minimum absolute atomic E-state index is 0. The SMILES string of the molecule is O=C1OC2(c3ccc(O)cc3Oc3cc(O)ccc32)c2ccccc21.[NaH].[NaH]. The van der Waals surface area contributed by atoms with Crippen molar-refractivity contribution < 1.29 is 24.5 Å². The quantitative estimate of drug-likeness (QED) is 0.463. The molecule has 0 amide bonds. The van der Waals surface area contributed by atoms with Crippen molar-refractivity contribution in [3.05, 3.63) is 82.9 Å². The Morgan fingerprint density at radius 2 is 1.30 bits per heavy atom. The van der Waals surface area contributed by atoms with Crippen LogP contribution in [0.5, 0.6) is 23.0 Å². The van der Waals surface area contributed by atoms with Gasteiger partial charge in [0.25, 0.3) is 0 Å². The van der Waals surface area contributed by atoms with Crippen molar-refractivity contribution >= 4 is 65.1 Å². The molecule has 2 heterocycles. The number of ether oxygens (including phenoxy) is 2.